The van der Waals surface area contributed by atoms with E-state index in [1.807, 2.05) is 0 Å². The summed E-state index contributed by atoms with van der Waals surface area (Å²) in [6.45, 7) is 8.22. The van der Waals surface area contributed by atoms with Crippen molar-refractivity contribution in [2.45, 2.75) is 116 Å². The molecule has 2 heteroatoms. The minimum absolute atomic E-state index is 0.953. The number of fused-ring (bicyclic) bond motifs is 10. The molecule has 0 aromatic rings. The van der Waals surface area contributed by atoms with E-state index in [1.165, 1.54) is 148 Å². The molecule has 5 rings (SSSR count). The van der Waals surface area contributed by atoms with E-state index in [0.717, 1.165) is 23.7 Å². The lowest BCUT2D eigenvalue weighted by atomic mass is 9.69. The molecule has 0 N–H and O–H groups in total. The quantitative estimate of drug-likeness (QED) is 0.330. The maximum atomic E-state index is 2.93. The predicted octanol–water partition coefficient (Wildman–Crippen LogP) is 8.24. The van der Waals surface area contributed by atoms with Crippen molar-refractivity contribution in [1.82, 2.24) is 9.80 Å². The molecule has 0 aliphatic carbocycles. The topological polar surface area (TPSA) is 6.48 Å². The fourth-order valence-corrected chi connectivity index (χ4v) is 7.70. The molecule has 0 spiro atoms. The van der Waals surface area contributed by atoms with E-state index in [-0.39, 0.29) is 0 Å². The summed E-state index contributed by atoms with van der Waals surface area (Å²) >= 11 is 0. The normalized spacial score (nSPS) is 39.8. The molecule has 34 heavy (non-hydrogen) atoms. The molecule has 2 nitrogen and oxygen atoms in total. The summed E-state index contributed by atoms with van der Waals surface area (Å²) in [6, 6.07) is 0. The first-order valence-electron chi connectivity index (χ1n) is 15.6. The lowest BCUT2D eigenvalue weighted by Gasteiger charge is -2.47. The Morgan fingerprint density at radius 3 is 1.88 bits per heavy atom. The van der Waals surface area contributed by atoms with Gasteiger partial charge >= 0.3 is 0 Å². The maximum absolute atomic E-state index is 2.93. The van der Waals surface area contributed by atoms with Gasteiger partial charge < -0.3 is 9.80 Å². The van der Waals surface area contributed by atoms with Gasteiger partial charge in [-0.1, -0.05) is 62.8 Å². The van der Waals surface area contributed by atoms with Gasteiger partial charge in [0.25, 0.3) is 0 Å². The van der Waals surface area contributed by atoms with Gasteiger partial charge in [-0.2, -0.15) is 0 Å². The zero-order valence-electron chi connectivity index (χ0n) is 22.5. The first-order valence-corrected chi connectivity index (χ1v) is 15.6. The third-order valence-corrected chi connectivity index (χ3v) is 9.60. The van der Waals surface area contributed by atoms with Crippen LogP contribution in [0, 0.1) is 23.7 Å². The molecule has 0 aromatic heterocycles. The van der Waals surface area contributed by atoms with Crippen molar-refractivity contribution in [2.75, 3.05) is 39.3 Å². The third-order valence-electron chi connectivity index (χ3n) is 9.60. The van der Waals surface area contributed by atoms with Crippen LogP contribution in [-0.4, -0.2) is 49.1 Å². The molecule has 2 fully saturated rings. The first-order chi connectivity index (χ1) is 16.9. The molecule has 0 saturated carbocycles. The van der Waals surface area contributed by atoms with Crippen LogP contribution in [0.4, 0.5) is 0 Å². The second kappa shape index (κ2) is 15.5. The molecule has 0 aromatic carbocycles. The van der Waals surface area contributed by atoms with Crippen LogP contribution in [0.25, 0.3) is 0 Å². The molecule has 0 radical (unpaired) electrons. The Kier molecular flexibility index (Phi) is 12.1. The van der Waals surface area contributed by atoms with E-state index in [4.69, 9.17) is 0 Å². The second-order valence-corrected chi connectivity index (χ2v) is 12.3. The van der Waals surface area contributed by atoms with Crippen molar-refractivity contribution in [3.05, 3.63) is 24.3 Å². The molecule has 194 valence electrons. The van der Waals surface area contributed by atoms with Crippen LogP contribution in [0.15, 0.2) is 24.3 Å². The number of rotatable bonds is 0. The number of allylic oxidation sites excluding steroid dienone is 3. The summed E-state index contributed by atoms with van der Waals surface area (Å²) in [5.74, 6) is 3.88. The van der Waals surface area contributed by atoms with Gasteiger partial charge in [0.05, 0.1) is 0 Å². The van der Waals surface area contributed by atoms with Crippen LogP contribution < -0.4 is 0 Å². The summed E-state index contributed by atoms with van der Waals surface area (Å²) in [6.07, 6.45) is 35.5. The Bertz CT molecular complexity index is 596. The fourth-order valence-electron chi connectivity index (χ4n) is 7.70. The number of piperidine rings is 2. The molecule has 5 heterocycles. The van der Waals surface area contributed by atoms with Gasteiger partial charge in [-0.15, -0.1) is 0 Å². The van der Waals surface area contributed by atoms with Gasteiger partial charge in [-0.25, -0.2) is 0 Å². The van der Waals surface area contributed by atoms with E-state index in [2.05, 4.69) is 34.1 Å². The first kappa shape index (κ1) is 26.5. The minimum Gasteiger partial charge on any atom is -0.303 e. The molecule has 6 bridgehead atoms. The van der Waals surface area contributed by atoms with Crippen molar-refractivity contribution < 1.29 is 0 Å². The van der Waals surface area contributed by atoms with E-state index >= 15 is 0 Å². The number of hydrogen-bond acceptors (Lipinski definition) is 2. The molecule has 6 atom stereocenters. The minimum atomic E-state index is 0.953. The summed E-state index contributed by atoms with van der Waals surface area (Å²) in [5.41, 5.74) is 0. The average Bonchev–Trinajstić information content (AvgIpc) is 2.85. The molecular weight excluding hydrogens is 412 g/mol. The highest BCUT2D eigenvalue weighted by Gasteiger charge is 2.38. The van der Waals surface area contributed by atoms with E-state index in [9.17, 15) is 0 Å². The van der Waals surface area contributed by atoms with Gasteiger partial charge in [0.2, 0.25) is 0 Å². The van der Waals surface area contributed by atoms with E-state index in [1.54, 1.807) is 6.42 Å². The standard InChI is InChI=1S/C32H56N2/c1-2-5-10-14-18-23-34-26-29-19-15-11-7-4-6-9-13-17-22-33-24-21-32(31(25-29)28-34)30(27-33)20-16-12-8-3-1/h2,5,9,13,29-32H,1,3-4,6-8,10-12,14-28H2/b5-2-,13-9-/t29-,30-,31+,32-/m1/s1. The molecule has 5 aliphatic rings. The van der Waals surface area contributed by atoms with Crippen molar-refractivity contribution in [1.29, 1.82) is 0 Å². The molecular formula is C32H56N2. The van der Waals surface area contributed by atoms with Crippen LogP contribution in [0.2, 0.25) is 0 Å². The van der Waals surface area contributed by atoms with Crippen LogP contribution in [0.5, 0.6) is 0 Å². The Labute approximate surface area is 212 Å². The van der Waals surface area contributed by atoms with Gasteiger partial charge in [-0.05, 0) is 114 Å². The Balaban J connectivity index is 1.47. The summed E-state index contributed by atoms with van der Waals surface area (Å²) in [5, 5.41) is 0. The Hall–Kier alpha value is -0.600. The predicted molar refractivity (Wildman–Crippen MR) is 148 cm³/mol. The monoisotopic (exact) mass is 468 g/mol. The van der Waals surface area contributed by atoms with Gasteiger partial charge in [0.1, 0.15) is 0 Å². The van der Waals surface area contributed by atoms with Crippen molar-refractivity contribution in [3.8, 4) is 0 Å². The Morgan fingerprint density at radius 1 is 0.441 bits per heavy atom. The number of nitrogens with zero attached hydrogens (tertiary/aromatic N) is 2. The largest absolute Gasteiger partial charge is 0.303 e. The molecule has 5 aliphatic heterocycles. The third kappa shape index (κ3) is 9.12. The molecule has 2 saturated heterocycles. The van der Waals surface area contributed by atoms with Crippen LogP contribution in [0.3, 0.4) is 0 Å². The average molecular weight is 469 g/mol. The van der Waals surface area contributed by atoms with Crippen LogP contribution in [0.1, 0.15) is 116 Å². The van der Waals surface area contributed by atoms with Crippen molar-refractivity contribution >= 4 is 0 Å². The van der Waals surface area contributed by atoms with Gasteiger partial charge in [-0.3, -0.25) is 0 Å². The highest BCUT2D eigenvalue weighted by atomic mass is 15.1. The summed E-state index contributed by atoms with van der Waals surface area (Å²) in [4.78, 5) is 5.77. The molecule has 2 unspecified atom stereocenters. The zero-order chi connectivity index (χ0) is 23.3. The van der Waals surface area contributed by atoms with Crippen molar-refractivity contribution in [2.24, 2.45) is 23.7 Å². The Morgan fingerprint density at radius 2 is 1.09 bits per heavy atom. The maximum Gasteiger partial charge on any atom is 0.00160 e. The van der Waals surface area contributed by atoms with Crippen molar-refractivity contribution in [3.63, 3.8) is 0 Å². The van der Waals surface area contributed by atoms with Crippen LogP contribution >= 0.6 is 0 Å². The lowest BCUT2D eigenvalue weighted by molar-refractivity contribution is 0.0193. The fraction of sp³-hybridized carbons (Fsp3) is 0.875. The van der Waals surface area contributed by atoms with Gasteiger partial charge in [0.15, 0.2) is 0 Å². The van der Waals surface area contributed by atoms with Gasteiger partial charge in [0, 0.05) is 26.2 Å². The highest BCUT2D eigenvalue weighted by molar-refractivity contribution is 4.92. The second-order valence-electron chi connectivity index (χ2n) is 12.3. The summed E-state index contributed by atoms with van der Waals surface area (Å²) < 4.78 is 0. The van der Waals surface area contributed by atoms with E-state index in [0.29, 0.717) is 0 Å². The van der Waals surface area contributed by atoms with E-state index < -0.39 is 0 Å². The summed E-state index contributed by atoms with van der Waals surface area (Å²) in [7, 11) is 0. The number of hydrogen-bond donors (Lipinski definition) is 0. The SMILES string of the molecule is C1=C\CCN2CC[C@@H]3[C@H](CCCCCC/C=C\CCCCN4C[C@H](CCCCCC/1)C[C@H]3C4)C2. The zero-order valence-corrected chi connectivity index (χ0v) is 22.5. The highest BCUT2D eigenvalue weighted by Crippen LogP contribution is 2.40. The van der Waals surface area contributed by atoms with Crippen LogP contribution in [-0.2, 0) is 0 Å². The lowest BCUT2D eigenvalue weighted by Crippen LogP contribution is -2.49. The smallest absolute Gasteiger partial charge is 0.00160 e. The molecule has 0 amide bonds.